The van der Waals surface area contributed by atoms with Crippen LogP contribution in [0.1, 0.15) is 29.5 Å². The number of carbonyl (C=O) groups excluding carboxylic acids is 2. The summed E-state index contributed by atoms with van der Waals surface area (Å²) in [4.78, 5) is 23.7. The van der Waals surface area contributed by atoms with Crippen LogP contribution >= 0.6 is 0 Å². The zero-order valence-electron chi connectivity index (χ0n) is 22.8. The predicted molar refractivity (Wildman–Crippen MR) is 153 cm³/mol. The molecule has 1 N–H and O–H groups in total. The van der Waals surface area contributed by atoms with Crippen LogP contribution in [-0.4, -0.2) is 58.2 Å². The van der Waals surface area contributed by atoms with Gasteiger partial charge in [-0.15, -0.1) is 0 Å². The molecular weight excluding hydrogens is 510 g/mol. The third-order valence-electron chi connectivity index (χ3n) is 6.63. The maximum atomic E-state index is 12.7. The fraction of sp³-hybridized carbons (Fsp3) is 0.375. The molecule has 0 saturated carbocycles. The van der Waals surface area contributed by atoms with Crippen LogP contribution in [0.25, 0.3) is 10.8 Å². The van der Waals surface area contributed by atoms with Crippen molar-refractivity contribution in [2.75, 3.05) is 46.2 Å². The minimum absolute atomic E-state index is 0.164. The molecule has 1 amide bonds. The summed E-state index contributed by atoms with van der Waals surface area (Å²) in [5.74, 6) is 1.04. The Morgan fingerprint density at radius 1 is 0.775 bits per heavy atom. The molecule has 0 bridgehead atoms. The first-order chi connectivity index (χ1) is 19.7. The number of rotatable bonds is 15. The molecular formula is C32H37NO7. The number of benzene rings is 3. The smallest absolute Gasteiger partial charge is 0.412 e. The van der Waals surface area contributed by atoms with E-state index in [4.69, 9.17) is 23.7 Å². The Balaban J connectivity index is 1.31. The molecule has 0 heterocycles. The largest absolute Gasteiger partial charge is 0.492 e. The summed E-state index contributed by atoms with van der Waals surface area (Å²) < 4.78 is 28.0. The summed E-state index contributed by atoms with van der Waals surface area (Å²) in [6.07, 6.45) is 5.27. The average molecular weight is 548 g/mol. The van der Waals surface area contributed by atoms with Crippen molar-refractivity contribution < 1.29 is 33.3 Å². The Morgan fingerprint density at radius 3 is 2.12 bits per heavy atom. The number of hydrogen-bond donors (Lipinski definition) is 1. The number of carbonyl (C=O) groups is 2. The molecule has 3 aromatic rings. The van der Waals surface area contributed by atoms with E-state index in [1.165, 1.54) is 5.56 Å². The van der Waals surface area contributed by atoms with Crippen LogP contribution in [0.2, 0.25) is 0 Å². The van der Waals surface area contributed by atoms with Gasteiger partial charge in [0.05, 0.1) is 33.0 Å². The number of ether oxygens (including phenoxy) is 5. The quantitative estimate of drug-likeness (QED) is 0.159. The normalized spacial score (nSPS) is 12.4. The summed E-state index contributed by atoms with van der Waals surface area (Å²) in [6.45, 7) is 5.68. The minimum atomic E-state index is -0.514. The fourth-order valence-electron chi connectivity index (χ4n) is 4.74. The molecule has 3 aromatic carbocycles. The lowest BCUT2D eigenvalue weighted by molar-refractivity contribution is -0.139. The zero-order chi connectivity index (χ0) is 28.0. The summed E-state index contributed by atoms with van der Waals surface area (Å²) in [7, 11) is 0. The second-order valence-corrected chi connectivity index (χ2v) is 9.36. The highest BCUT2D eigenvalue weighted by Gasteiger charge is 2.25. The van der Waals surface area contributed by atoms with E-state index in [0.29, 0.717) is 38.7 Å². The van der Waals surface area contributed by atoms with Gasteiger partial charge in [0.25, 0.3) is 0 Å². The van der Waals surface area contributed by atoms with E-state index in [9.17, 15) is 9.59 Å². The Hall–Kier alpha value is -3.88. The summed E-state index contributed by atoms with van der Waals surface area (Å²) in [6, 6.07) is 18.3. The first kappa shape index (κ1) is 29.1. The maximum absolute atomic E-state index is 12.7. The van der Waals surface area contributed by atoms with Crippen LogP contribution < -0.4 is 14.8 Å². The van der Waals surface area contributed by atoms with Crippen molar-refractivity contribution >= 4 is 22.8 Å². The van der Waals surface area contributed by atoms with Crippen molar-refractivity contribution in [3.05, 3.63) is 83.9 Å². The van der Waals surface area contributed by atoms with Gasteiger partial charge in [-0.3, -0.25) is 0 Å². The van der Waals surface area contributed by atoms with Gasteiger partial charge in [-0.2, -0.15) is 0 Å². The van der Waals surface area contributed by atoms with Crippen molar-refractivity contribution in [3.63, 3.8) is 0 Å². The Bertz CT molecular complexity index is 1280. The van der Waals surface area contributed by atoms with Gasteiger partial charge in [0.2, 0.25) is 0 Å². The Morgan fingerprint density at radius 2 is 1.40 bits per heavy atom. The third-order valence-corrected chi connectivity index (χ3v) is 6.63. The average Bonchev–Trinajstić information content (AvgIpc) is 2.99. The topological polar surface area (TPSA) is 92.3 Å². The monoisotopic (exact) mass is 547 g/mol. The molecule has 0 unspecified atom stereocenters. The van der Waals surface area contributed by atoms with E-state index in [2.05, 4.69) is 24.0 Å². The van der Waals surface area contributed by atoms with Crippen molar-refractivity contribution in [2.24, 2.45) is 0 Å². The van der Waals surface area contributed by atoms with Gasteiger partial charge in [-0.05, 0) is 31.2 Å². The molecule has 8 heteroatoms. The molecule has 1 aliphatic carbocycles. The molecule has 0 atom stereocenters. The zero-order valence-corrected chi connectivity index (χ0v) is 22.8. The number of esters is 1. The first-order valence-electron chi connectivity index (χ1n) is 13.8. The maximum Gasteiger partial charge on any atom is 0.412 e. The second-order valence-electron chi connectivity index (χ2n) is 9.36. The van der Waals surface area contributed by atoms with Crippen LogP contribution in [0.3, 0.4) is 0 Å². The lowest BCUT2D eigenvalue weighted by Gasteiger charge is -2.25. The number of amides is 1. The molecule has 40 heavy (non-hydrogen) atoms. The lowest BCUT2D eigenvalue weighted by atomic mass is 9.87. The summed E-state index contributed by atoms with van der Waals surface area (Å²) in [5.41, 5.74) is 3.44. The number of fused-ring (bicyclic) bond motifs is 2. The molecule has 0 fully saturated rings. The molecule has 4 rings (SSSR count). The van der Waals surface area contributed by atoms with Crippen molar-refractivity contribution in [2.45, 2.75) is 32.1 Å². The van der Waals surface area contributed by atoms with Crippen molar-refractivity contribution in [3.8, 4) is 11.5 Å². The second kappa shape index (κ2) is 15.6. The molecule has 8 nitrogen and oxygen atoms in total. The molecule has 0 aromatic heterocycles. The van der Waals surface area contributed by atoms with E-state index >= 15 is 0 Å². The van der Waals surface area contributed by atoms with Gasteiger partial charge in [0.1, 0.15) is 18.1 Å². The van der Waals surface area contributed by atoms with Gasteiger partial charge in [0.15, 0.2) is 0 Å². The van der Waals surface area contributed by atoms with Gasteiger partial charge in [-0.25, -0.2) is 9.59 Å². The van der Waals surface area contributed by atoms with Gasteiger partial charge in [0, 0.05) is 40.9 Å². The molecule has 0 radical (unpaired) electrons. The number of nitrogens with one attached hydrogen (secondary N) is 1. The third kappa shape index (κ3) is 8.31. The van der Waals surface area contributed by atoms with Crippen LogP contribution in [0.15, 0.2) is 67.3 Å². The molecule has 0 spiro atoms. The van der Waals surface area contributed by atoms with E-state index in [0.717, 1.165) is 65.8 Å². The Labute approximate surface area is 235 Å². The summed E-state index contributed by atoms with van der Waals surface area (Å²) in [5, 5.41) is 4.61. The molecule has 1 aliphatic rings. The van der Waals surface area contributed by atoms with Crippen LogP contribution in [-0.2, 0) is 38.3 Å². The van der Waals surface area contributed by atoms with Crippen molar-refractivity contribution in [1.82, 2.24) is 5.32 Å². The molecule has 0 saturated heterocycles. The lowest BCUT2D eigenvalue weighted by Crippen LogP contribution is -2.31. The first-order valence-corrected chi connectivity index (χ1v) is 13.8. The highest BCUT2D eigenvalue weighted by molar-refractivity contribution is 5.97. The standard InChI is InChI=1S/C32H37NO7/c1-2-29(34)38-23-22-37-21-20-36-19-17-33-32(35)40-31-27-14-8-6-12-25(27)30(26-13-7-9-15-28(26)31)39-18-16-24-10-4-3-5-11-24/h2-6,8,10-12,14H,1,7,9,13,15-23H2,(H,33,35). The molecule has 0 aliphatic heterocycles. The SMILES string of the molecule is C=CC(=O)OCCOCCOCCNC(=O)Oc1c2c(c(OCCc3ccccc3)c3ccccc13)CCCC2. The van der Waals surface area contributed by atoms with Gasteiger partial charge >= 0.3 is 12.1 Å². The minimum Gasteiger partial charge on any atom is -0.492 e. The molecule has 212 valence electrons. The highest BCUT2D eigenvalue weighted by atomic mass is 16.6. The van der Waals surface area contributed by atoms with E-state index in [-0.39, 0.29) is 13.2 Å². The Kier molecular flexibility index (Phi) is 11.4. The van der Waals surface area contributed by atoms with E-state index in [1.54, 1.807) is 0 Å². The van der Waals surface area contributed by atoms with Gasteiger partial charge < -0.3 is 29.0 Å². The van der Waals surface area contributed by atoms with Crippen molar-refractivity contribution in [1.29, 1.82) is 0 Å². The van der Waals surface area contributed by atoms with E-state index < -0.39 is 12.1 Å². The van der Waals surface area contributed by atoms with Crippen LogP contribution in [0.5, 0.6) is 11.5 Å². The highest BCUT2D eigenvalue weighted by Crippen LogP contribution is 2.44. The van der Waals surface area contributed by atoms with Crippen LogP contribution in [0, 0.1) is 0 Å². The van der Waals surface area contributed by atoms with Gasteiger partial charge in [-0.1, -0.05) is 61.2 Å². The van der Waals surface area contributed by atoms with E-state index in [1.807, 2.05) is 42.5 Å². The fourth-order valence-corrected chi connectivity index (χ4v) is 4.74. The van der Waals surface area contributed by atoms with Crippen LogP contribution in [0.4, 0.5) is 4.79 Å². The predicted octanol–water partition coefficient (Wildman–Crippen LogP) is 5.19. The number of hydrogen-bond acceptors (Lipinski definition) is 7. The summed E-state index contributed by atoms with van der Waals surface area (Å²) >= 11 is 0.